The van der Waals surface area contributed by atoms with E-state index in [0.717, 1.165) is 34.6 Å². The Morgan fingerprint density at radius 2 is 1.79 bits per heavy atom. The number of nitrogens with one attached hydrogen (secondary N) is 1. The molecule has 0 saturated heterocycles. The number of para-hydroxylation sites is 1. The van der Waals surface area contributed by atoms with Crippen molar-refractivity contribution in [3.05, 3.63) is 72.5 Å². The first kappa shape index (κ1) is 21.0. The van der Waals surface area contributed by atoms with Crippen LogP contribution in [0.5, 0.6) is 0 Å². The third-order valence-corrected chi connectivity index (χ3v) is 6.43. The molecule has 33 heavy (non-hydrogen) atoms. The van der Waals surface area contributed by atoms with E-state index in [0.29, 0.717) is 10.8 Å². The van der Waals surface area contributed by atoms with E-state index in [1.54, 1.807) is 18.2 Å². The maximum Gasteiger partial charge on any atom is 0.234 e. The Balaban J connectivity index is 1.32. The highest BCUT2D eigenvalue weighted by atomic mass is 32.2. The zero-order chi connectivity index (χ0) is 22.9. The fourth-order valence-corrected chi connectivity index (χ4v) is 4.66. The molecular formula is C24H21FN6OS. The first-order chi connectivity index (χ1) is 16.1. The van der Waals surface area contributed by atoms with Crippen molar-refractivity contribution in [2.24, 2.45) is 0 Å². The van der Waals surface area contributed by atoms with Gasteiger partial charge in [-0.3, -0.25) is 4.79 Å². The Hall–Kier alpha value is -3.85. The van der Waals surface area contributed by atoms with Crippen molar-refractivity contribution in [1.82, 2.24) is 19.4 Å². The first-order valence-electron chi connectivity index (χ1n) is 10.5. The van der Waals surface area contributed by atoms with Crippen molar-refractivity contribution in [3.63, 3.8) is 0 Å². The topological polar surface area (TPSA) is 90.8 Å². The van der Waals surface area contributed by atoms with Crippen LogP contribution in [0.1, 0.15) is 6.92 Å². The Kier molecular flexibility index (Phi) is 5.47. The Morgan fingerprint density at radius 1 is 1.03 bits per heavy atom. The van der Waals surface area contributed by atoms with Gasteiger partial charge in [-0.1, -0.05) is 42.1 Å². The minimum Gasteiger partial charge on any atom is -0.341 e. The zero-order valence-electron chi connectivity index (χ0n) is 17.8. The standard InChI is InChI=1S/C24H21FN6OS/c1-2-30-20-10-6-4-7-16(20)18-13-15(11-12-21(18)30)27-22(32)14-33-24-29-28-23(31(24)26)17-8-3-5-9-19(17)25/h3-13H,2,14,26H2,1H3,(H,27,32). The quantitative estimate of drug-likeness (QED) is 0.284. The van der Waals surface area contributed by atoms with Crippen LogP contribution in [0, 0.1) is 5.82 Å². The molecule has 1 amide bonds. The number of fused-ring (bicyclic) bond motifs is 3. The molecule has 3 N–H and O–H groups in total. The number of amides is 1. The van der Waals surface area contributed by atoms with Crippen LogP contribution in [0.25, 0.3) is 33.2 Å². The van der Waals surface area contributed by atoms with Gasteiger partial charge < -0.3 is 15.7 Å². The molecule has 0 bridgehead atoms. The van der Waals surface area contributed by atoms with E-state index >= 15 is 0 Å². The summed E-state index contributed by atoms with van der Waals surface area (Å²) in [4.78, 5) is 12.6. The van der Waals surface area contributed by atoms with E-state index in [4.69, 9.17) is 5.84 Å². The van der Waals surface area contributed by atoms with Crippen molar-refractivity contribution < 1.29 is 9.18 Å². The lowest BCUT2D eigenvalue weighted by atomic mass is 10.1. The van der Waals surface area contributed by atoms with Gasteiger partial charge in [0.2, 0.25) is 11.1 Å². The van der Waals surface area contributed by atoms with Gasteiger partial charge in [-0.15, -0.1) is 10.2 Å². The number of nitrogens with zero attached hydrogens (tertiary/aromatic N) is 4. The number of anilines is 1. The van der Waals surface area contributed by atoms with Gasteiger partial charge in [0, 0.05) is 34.0 Å². The van der Waals surface area contributed by atoms with Crippen molar-refractivity contribution in [2.75, 3.05) is 16.9 Å². The van der Waals surface area contributed by atoms with E-state index < -0.39 is 5.82 Å². The number of rotatable bonds is 6. The lowest BCUT2D eigenvalue weighted by Gasteiger charge is -2.07. The molecule has 9 heteroatoms. The number of carbonyl (C=O) groups is 1. The number of hydrogen-bond acceptors (Lipinski definition) is 5. The highest BCUT2D eigenvalue weighted by molar-refractivity contribution is 7.99. The molecule has 7 nitrogen and oxygen atoms in total. The summed E-state index contributed by atoms with van der Waals surface area (Å²) in [6.07, 6.45) is 0. The summed E-state index contributed by atoms with van der Waals surface area (Å²) >= 11 is 1.14. The lowest BCUT2D eigenvalue weighted by molar-refractivity contribution is -0.113. The first-order valence-corrected chi connectivity index (χ1v) is 11.4. The van der Waals surface area contributed by atoms with E-state index in [-0.39, 0.29) is 23.0 Å². The molecule has 166 valence electrons. The Bertz CT molecular complexity index is 1490. The van der Waals surface area contributed by atoms with Gasteiger partial charge >= 0.3 is 0 Å². The van der Waals surface area contributed by atoms with Crippen molar-refractivity contribution in [3.8, 4) is 11.4 Å². The van der Waals surface area contributed by atoms with Gasteiger partial charge in [0.15, 0.2) is 5.82 Å². The average Bonchev–Trinajstić information content (AvgIpc) is 3.35. The van der Waals surface area contributed by atoms with Crippen LogP contribution in [-0.4, -0.2) is 31.1 Å². The summed E-state index contributed by atoms with van der Waals surface area (Å²) in [6.45, 7) is 2.98. The number of thioether (sulfide) groups is 1. The fourth-order valence-electron chi connectivity index (χ4n) is 4.00. The van der Waals surface area contributed by atoms with Gasteiger partial charge in [-0.2, -0.15) is 0 Å². The van der Waals surface area contributed by atoms with Crippen LogP contribution in [-0.2, 0) is 11.3 Å². The highest BCUT2D eigenvalue weighted by Crippen LogP contribution is 2.31. The average molecular weight is 461 g/mol. The largest absolute Gasteiger partial charge is 0.341 e. The van der Waals surface area contributed by atoms with Crippen LogP contribution in [0.3, 0.4) is 0 Å². The predicted molar refractivity (Wildman–Crippen MR) is 130 cm³/mol. The minimum absolute atomic E-state index is 0.0847. The number of carbonyl (C=O) groups excluding carboxylic acids is 1. The highest BCUT2D eigenvalue weighted by Gasteiger charge is 2.17. The second-order valence-corrected chi connectivity index (χ2v) is 8.43. The van der Waals surface area contributed by atoms with Crippen LogP contribution in [0.15, 0.2) is 71.9 Å². The smallest absolute Gasteiger partial charge is 0.234 e. The van der Waals surface area contributed by atoms with Crippen molar-refractivity contribution in [2.45, 2.75) is 18.6 Å². The molecule has 2 aromatic heterocycles. The summed E-state index contributed by atoms with van der Waals surface area (Å²) in [6, 6.07) is 20.4. The van der Waals surface area contributed by atoms with Gasteiger partial charge in [0.25, 0.3) is 0 Å². The normalized spacial score (nSPS) is 11.3. The molecule has 0 aliphatic heterocycles. The molecule has 5 rings (SSSR count). The number of aryl methyl sites for hydroxylation is 1. The Labute approximate surface area is 193 Å². The van der Waals surface area contributed by atoms with Crippen LogP contribution in [0.2, 0.25) is 0 Å². The van der Waals surface area contributed by atoms with Crippen molar-refractivity contribution in [1.29, 1.82) is 0 Å². The molecule has 0 fully saturated rings. The molecule has 0 aliphatic rings. The van der Waals surface area contributed by atoms with Gasteiger partial charge in [-0.25, -0.2) is 9.07 Å². The Morgan fingerprint density at radius 3 is 2.61 bits per heavy atom. The monoisotopic (exact) mass is 460 g/mol. The molecule has 0 aliphatic carbocycles. The minimum atomic E-state index is -0.439. The van der Waals surface area contributed by atoms with Crippen LogP contribution in [0.4, 0.5) is 10.1 Å². The van der Waals surface area contributed by atoms with Gasteiger partial charge in [0.05, 0.1) is 11.3 Å². The summed E-state index contributed by atoms with van der Waals surface area (Å²) in [5, 5.41) is 13.5. The molecule has 5 aromatic rings. The number of aromatic nitrogens is 4. The molecule has 3 aromatic carbocycles. The second-order valence-electron chi connectivity index (χ2n) is 7.49. The number of hydrogen-bond donors (Lipinski definition) is 2. The predicted octanol–water partition coefficient (Wildman–Crippen LogP) is 4.66. The lowest BCUT2D eigenvalue weighted by Crippen LogP contribution is -2.16. The SMILES string of the molecule is CCn1c2ccccc2c2cc(NC(=O)CSc3nnc(-c4ccccc4F)n3N)ccc21. The zero-order valence-corrected chi connectivity index (χ0v) is 18.6. The van der Waals surface area contributed by atoms with Crippen LogP contribution < -0.4 is 11.2 Å². The third kappa shape index (κ3) is 3.80. The number of nitrogen functional groups attached to an aromatic ring is 1. The third-order valence-electron chi connectivity index (χ3n) is 5.48. The van der Waals surface area contributed by atoms with E-state index in [2.05, 4.69) is 39.1 Å². The maximum absolute atomic E-state index is 14.0. The van der Waals surface area contributed by atoms with Crippen molar-refractivity contribution >= 4 is 45.2 Å². The second kappa shape index (κ2) is 8.59. The summed E-state index contributed by atoms with van der Waals surface area (Å²) in [5.41, 5.74) is 3.27. The molecule has 2 heterocycles. The van der Waals surface area contributed by atoms with Gasteiger partial charge in [-0.05, 0) is 43.3 Å². The maximum atomic E-state index is 14.0. The van der Waals surface area contributed by atoms with Crippen LogP contribution >= 0.6 is 11.8 Å². The molecule has 0 atom stereocenters. The molecule has 0 spiro atoms. The molecule has 0 saturated carbocycles. The summed E-state index contributed by atoms with van der Waals surface area (Å²) < 4.78 is 17.5. The van der Waals surface area contributed by atoms with E-state index in [1.807, 2.05) is 30.3 Å². The number of nitrogens with two attached hydrogens (primary N) is 1. The van der Waals surface area contributed by atoms with E-state index in [9.17, 15) is 9.18 Å². The number of halogens is 1. The summed E-state index contributed by atoms with van der Waals surface area (Å²) in [5.74, 6) is 5.69. The van der Waals surface area contributed by atoms with Gasteiger partial charge in [0.1, 0.15) is 5.82 Å². The fraction of sp³-hybridized carbons (Fsp3) is 0.125. The molecule has 0 radical (unpaired) electrons. The number of benzene rings is 3. The van der Waals surface area contributed by atoms with E-state index in [1.165, 1.54) is 16.3 Å². The molecule has 0 unspecified atom stereocenters. The summed E-state index contributed by atoms with van der Waals surface area (Å²) in [7, 11) is 0. The molecular weight excluding hydrogens is 439 g/mol.